The van der Waals surface area contributed by atoms with Gasteiger partial charge in [-0.25, -0.2) is 4.72 Å². The second kappa shape index (κ2) is 6.68. The quantitative estimate of drug-likeness (QED) is 0.745. The van der Waals surface area contributed by atoms with Crippen LogP contribution in [0.3, 0.4) is 0 Å². The largest absolute Gasteiger partial charge is 0.327 e. The number of nitrogens with zero attached hydrogens (tertiary/aromatic N) is 1. The highest BCUT2D eigenvalue weighted by Gasteiger charge is 2.29. The molecule has 2 unspecified atom stereocenters. The van der Waals surface area contributed by atoms with Crippen LogP contribution in [0, 0.1) is 0 Å². The van der Waals surface area contributed by atoms with Gasteiger partial charge in [-0.3, -0.25) is 0 Å². The number of nitrogens with two attached hydrogens (primary N) is 1. The van der Waals surface area contributed by atoms with Crippen molar-refractivity contribution in [3.63, 3.8) is 0 Å². The summed E-state index contributed by atoms with van der Waals surface area (Å²) in [7, 11) is -3.34. The Labute approximate surface area is 105 Å². The van der Waals surface area contributed by atoms with Crippen LogP contribution < -0.4 is 10.5 Å². The van der Waals surface area contributed by atoms with Crippen molar-refractivity contribution in [2.75, 3.05) is 13.1 Å². The summed E-state index contributed by atoms with van der Waals surface area (Å²) in [6.07, 6.45) is 4.83. The Morgan fingerprint density at radius 3 is 2.76 bits per heavy atom. The molecule has 1 aliphatic rings. The van der Waals surface area contributed by atoms with E-state index in [1.807, 2.05) is 13.8 Å². The average molecular weight is 263 g/mol. The second-order valence-corrected chi connectivity index (χ2v) is 6.57. The predicted molar refractivity (Wildman–Crippen MR) is 69.8 cm³/mol. The molecule has 1 aliphatic heterocycles. The maximum absolute atomic E-state index is 12.1. The highest BCUT2D eigenvalue weighted by molar-refractivity contribution is 7.87. The van der Waals surface area contributed by atoms with Crippen LogP contribution in [0.25, 0.3) is 0 Å². The molecule has 1 heterocycles. The van der Waals surface area contributed by atoms with Gasteiger partial charge < -0.3 is 5.73 Å². The van der Waals surface area contributed by atoms with Crippen LogP contribution in [0.15, 0.2) is 0 Å². The minimum atomic E-state index is -3.34. The molecule has 17 heavy (non-hydrogen) atoms. The lowest BCUT2D eigenvalue weighted by atomic mass is 10.1. The van der Waals surface area contributed by atoms with Gasteiger partial charge in [-0.2, -0.15) is 12.7 Å². The van der Waals surface area contributed by atoms with Crippen molar-refractivity contribution >= 4 is 10.2 Å². The summed E-state index contributed by atoms with van der Waals surface area (Å²) >= 11 is 0. The van der Waals surface area contributed by atoms with Gasteiger partial charge in [0.15, 0.2) is 0 Å². The molecule has 1 fully saturated rings. The van der Waals surface area contributed by atoms with Crippen LogP contribution in [0.5, 0.6) is 0 Å². The van der Waals surface area contributed by atoms with Crippen molar-refractivity contribution in [2.45, 2.75) is 58.0 Å². The molecule has 1 rings (SSSR count). The fourth-order valence-corrected chi connectivity index (χ4v) is 3.74. The number of piperidine rings is 1. The molecule has 0 saturated carbocycles. The summed E-state index contributed by atoms with van der Waals surface area (Å²) in [4.78, 5) is 0. The van der Waals surface area contributed by atoms with Gasteiger partial charge >= 0.3 is 0 Å². The van der Waals surface area contributed by atoms with Crippen molar-refractivity contribution in [1.29, 1.82) is 0 Å². The topological polar surface area (TPSA) is 75.4 Å². The molecule has 0 aromatic carbocycles. The van der Waals surface area contributed by atoms with Crippen molar-refractivity contribution in [1.82, 2.24) is 9.03 Å². The van der Waals surface area contributed by atoms with E-state index in [4.69, 9.17) is 5.73 Å². The molecule has 6 heteroatoms. The molecule has 0 amide bonds. The third kappa shape index (κ3) is 4.54. The van der Waals surface area contributed by atoms with Gasteiger partial charge in [0, 0.05) is 25.2 Å². The van der Waals surface area contributed by atoms with Gasteiger partial charge in [0.1, 0.15) is 0 Å². The molecule has 102 valence electrons. The normalized spacial score (nSPS) is 24.8. The Balaban J connectivity index is 2.49. The van der Waals surface area contributed by atoms with Crippen LogP contribution in [-0.4, -0.2) is 37.9 Å². The third-order valence-corrected chi connectivity index (χ3v) is 4.93. The third-order valence-electron chi connectivity index (χ3n) is 3.24. The Kier molecular flexibility index (Phi) is 5.85. The highest BCUT2D eigenvalue weighted by atomic mass is 32.2. The Hall–Kier alpha value is -0.170. The molecule has 0 radical (unpaired) electrons. The average Bonchev–Trinajstić information content (AvgIpc) is 2.27. The van der Waals surface area contributed by atoms with E-state index < -0.39 is 10.2 Å². The van der Waals surface area contributed by atoms with Gasteiger partial charge in [0.25, 0.3) is 10.2 Å². The first-order valence-corrected chi connectivity index (χ1v) is 7.93. The lowest BCUT2D eigenvalue weighted by molar-refractivity contribution is 0.265. The summed E-state index contributed by atoms with van der Waals surface area (Å²) in [5.74, 6) is 0. The molecule has 5 nitrogen and oxygen atoms in total. The first-order chi connectivity index (χ1) is 7.97. The van der Waals surface area contributed by atoms with Gasteiger partial charge in [-0.15, -0.1) is 0 Å². The minimum Gasteiger partial charge on any atom is -0.327 e. The second-order valence-electron chi connectivity index (χ2n) is 4.86. The number of nitrogens with one attached hydrogen (secondary N) is 1. The summed E-state index contributed by atoms with van der Waals surface area (Å²) in [6.45, 7) is 4.96. The van der Waals surface area contributed by atoms with Gasteiger partial charge in [0.05, 0.1) is 0 Å². The Morgan fingerprint density at radius 2 is 2.18 bits per heavy atom. The van der Waals surface area contributed by atoms with E-state index in [1.54, 1.807) is 4.31 Å². The smallest absolute Gasteiger partial charge is 0.279 e. The standard InChI is InChI=1S/C11H25N3O2S/c1-3-6-11(12)9-13-17(15,16)14-8-5-4-7-10(14)2/h10-11,13H,3-9,12H2,1-2H3. The van der Waals surface area contributed by atoms with Gasteiger partial charge in [-0.05, 0) is 26.2 Å². The lowest BCUT2D eigenvalue weighted by Crippen LogP contribution is -2.50. The van der Waals surface area contributed by atoms with Crippen LogP contribution in [0.2, 0.25) is 0 Å². The molecular weight excluding hydrogens is 238 g/mol. The summed E-state index contributed by atoms with van der Waals surface area (Å²) in [6, 6.07) is 0.0125. The molecule has 0 aromatic heterocycles. The zero-order valence-corrected chi connectivity index (χ0v) is 11.7. The number of hydrogen-bond acceptors (Lipinski definition) is 3. The van der Waals surface area contributed by atoms with Gasteiger partial charge in [0.2, 0.25) is 0 Å². The minimum absolute atomic E-state index is 0.0881. The van der Waals surface area contributed by atoms with Crippen LogP contribution in [-0.2, 0) is 10.2 Å². The zero-order chi connectivity index (χ0) is 12.9. The molecule has 0 aliphatic carbocycles. The van der Waals surface area contributed by atoms with Crippen molar-refractivity contribution in [2.24, 2.45) is 5.73 Å². The van der Waals surface area contributed by atoms with Crippen molar-refractivity contribution in [3.8, 4) is 0 Å². The molecule has 3 N–H and O–H groups in total. The van der Waals surface area contributed by atoms with Gasteiger partial charge in [-0.1, -0.05) is 19.8 Å². The summed E-state index contributed by atoms with van der Waals surface area (Å²) in [5.41, 5.74) is 5.81. The maximum atomic E-state index is 12.1. The van der Waals surface area contributed by atoms with E-state index >= 15 is 0 Å². The molecule has 1 saturated heterocycles. The van der Waals surface area contributed by atoms with E-state index in [-0.39, 0.29) is 12.1 Å². The van der Waals surface area contributed by atoms with E-state index in [0.717, 1.165) is 32.1 Å². The molecule has 0 aromatic rings. The van der Waals surface area contributed by atoms with Crippen LogP contribution >= 0.6 is 0 Å². The van der Waals surface area contributed by atoms with Crippen molar-refractivity contribution in [3.05, 3.63) is 0 Å². The molecular formula is C11H25N3O2S. The van der Waals surface area contributed by atoms with Crippen LogP contribution in [0.1, 0.15) is 46.0 Å². The van der Waals surface area contributed by atoms with E-state index in [9.17, 15) is 8.42 Å². The van der Waals surface area contributed by atoms with Crippen LogP contribution in [0.4, 0.5) is 0 Å². The van der Waals surface area contributed by atoms with E-state index in [0.29, 0.717) is 13.1 Å². The number of hydrogen-bond donors (Lipinski definition) is 2. The van der Waals surface area contributed by atoms with E-state index in [2.05, 4.69) is 4.72 Å². The Bertz CT molecular complexity index is 319. The highest BCUT2D eigenvalue weighted by Crippen LogP contribution is 2.18. The predicted octanol–water partition coefficient (Wildman–Crippen LogP) is 0.823. The number of rotatable bonds is 6. The SMILES string of the molecule is CCCC(N)CNS(=O)(=O)N1CCCCC1C. The molecule has 0 bridgehead atoms. The molecule has 0 spiro atoms. The maximum Gasteiger partial charge on any atom is 0.279 e. The lowest BCUT2D eigenvalue weighted by Gasteiger charge is -2.32. The summed E-state index contributed by atoms with van der Waals surface area (Å²) < 4.78 is 28.3. The monoisotopic (exact) mass is 263 g/mol. The first-order valence-electron chi connectivity index (χ1n) is 6.49. The van der Waals surface area contributed by atoms with E-state index in [1.165, 1.54) is 0 Å². The fraction of sp³-hybridized carbons (Fsp3) is 1.00. The van der Waals surface area contributed by atoms with Crippen molar-refractivity contribution < 1.29 is 8.42 Å². The summed E-state index contributed by atoms with van der Waals surface area (Å²) in [5, 5.41) is 0. The molecule has 2 atom stereocenters. The first kappa shape index (κ1) is 14.9. The fourth-order valence-electron chi connectivity index (χ4n) is 2.20. The Morgan fingerprint density at radius 1 is 1.47 bits per heavy atom. The zero-order valence-electron chi connectivity index (χ0n) is 10.9.